The average Bonchev–Trinajstić information content (AvgIpc) is 3.11. The maximum absolute atomic E-state index is 12.8. The smallest absolute Gasteiger partial charge is 0.262 e. The second kappa shape index (κ2) is 5.34. The van der Waals surface area contributed by atoms with Gasteiger partial charge in [-0.1, -0.05) is 6.92 Å². The summed E-state index contributed by atoms with van der Waals surface area (Å²) in [6, 6.07) is 0. The number of sulfonamides is 1. The molecule has 1 saturated heterocycles. The van der Waals surface area contributed by atoms with E-state index in [9.17, 15) is 8.42 Å². The Morgan fingerprint density at radius 1 is 1.40 bits per heavy atom. The summed E-state index contributed by atoms with van der Waals surface area (Å²) in [5.41, 5.74) is 0. The number of nitrogens with zero attached hydrogens (tertiary/aromatic N) is 3. The highest BCUT2D eigenvalue weighted by Gasteiger charge is 2.33. The lowest BCUT2D eigenvalue weighted by Crippen LogP contribution is -2.29. The lowest BCUT2D eigenvalue weighted by molar-refractivity contribution is 0.474. The Kier molecular flexibility index (Phi) is 3.70. The van der Waals surface area contributed by atoms with Crippen molar-refractivity contribution in [1.29, 1.82) is 0 Å². The van der Waals surface area contributed by atoms with Crippen LogP contribution in [-0.2, 0) is 10.0 Å². The van der Waals surface area contributed by atoms with Gasteiger partial charge in [-0.2, -0.15) is 4.31 Å². The number of anilines is 1. The molecule has 0 saturated carbocycles. The topological polar surface area (TPSA) is 66.7 Å². The molecule has 0 aromatic carbocycles. The van der Waals surface area contributed by atoms with E-state index in [2.05, 4.69) is 10.3 Å². The monoisotopic (exact) mass is 314 g/mol. The van der Waals surface area contributed by atoms with E-state index in [1.807, 2.05) is 12.3 Å². The molecule has 8 heteroatoms. The van der Waals surface area contributed by atoms with Crippen LogP contribution in [0.2, 0.25) is 0 Å². The minimum absolute atomic E-state index is 0.282. The highest BCUT2D eigenvalue weighted by atomic mass is 32.2. The lowest BCUT2D eigenvalue weighted by atomic mass is 10.4. The third kappa shape index (κ3) is 2.21. The molecular weight excluding hydrogens is 296 g/mol. The third-order valence-electron chi connectivity index (χ3n) is 3.41. The fourth-order valence-corrected chi connectivity index (χ4v) is 4.93. The van der Waals surface area contributed by atoms with Crippen LogP contribution in [0.3, 0.4) is 0 Å². The van der Waals surface area contributed by atoms with Crippen molar-refractivity contribution in [1.82, 2.24) is 13.7 Å². The van der Waals surface area contributed by atoms with E-state index in [-0.39, 0.29) is 5.03 Å². The summed E-state index contributed by atoms with van der Waals surface area (Å²) in [6.07, 6.45) is 4.56. The predicted octanol–water partition coefficient (Wildman–Crippen LogP) is 2.00. The van der Waals surface area contributed by atoms with E-state index in [0.29, 0.717) is 30.4 Å². The third-order valence-corrected chi connectivity index (χ3v) is 6.09. The molecule has 0 spiro atoms. The molecular formula is C12H18N4O2S2. The Morgan fingerprint density at radius 2 is 2.15 bits per heavy atom. The van der Waals surface area contributed by atoms with E-state index in [1.165, 1.54) is 11.3 Å². The molecule has 0 unspecified atom stereocenters. The summed E-state index contributed by atoms with van der Waals surface area (Å²) in [4.78, 5) is 5.12. The first kappa shape index (κ1) is 13.8. The molecule has 1 fully saturated rings. The Morgan fingerprint density at radius 3 is 2.85 bits per heavy atom. The first-order valence-electron chi connectivity index (χ1n) is 6.84. The number of thiazole rings is 1. The van der Waals surface area contributed by atoms with Gasteiger partial charge in [0, 0.05) is 31.2 Å². The molecule has 0 bridgehead atoms. The van der Waals surface area contributed by atoms with Crippen molar-refractivity contribution in [3.8, 4) is 0 Å². The molecule has 20 heavy (non-hydrogen) atoms. The van der Waals surface area contributed by atoms with Gasteiger partial charge in [0.25, 0.3) is 10.0 Å². The molecule has 1 aliphatic rings. The van der Waals surface area contributed by atoms with Crippen LogP contribution in [0.25, 0.3) is 4.96 Å². The highest BCUT2D eigenvalue weighted by Crippen LogP contribution is 2.29. The summed E-state index contributed by atoms with van der Waals surface area (Å²) in [7, 11) is -3.47. The number of hydrogen-bond donors (Lipinski definition) is 1. The second-order valence-electron chi connectivity index (χ2n) is 4.86. The van der Waals surface area contributed by atoms with E-state index in [1.54, 1.807) is 14.9 Å². The van der Waals surface area contributed by atoms with E-state index in [4.69, 9.17) is 0 Å². The van der Waals surface area contributed by atoms with Crippen LogP contribution in [0.1, 0.15) is 26.2 Å². The Balaban J connectivity index is 2.09. The number of nitrogens with one attached hydrogen (secondary N) is 1. The molecule has 1 aliphatic heterocycles. The molecule has 1 N–H and O–H groups in total. The first-order chi connectivity index (χ1) is 9.64. The van der Waals surface area contributed by atoms with Gasteiger partial charge in [-0.3, -0.25) is 4.40 Å². The standard InChI is InChI=1S/C12H18N4O2S2/c1-2-5-13-10-11(16-8-9-19-12(16)14-10)20(17,18)15-6-3-4-7-15/h8-9,13H,2-7H2,1H3. The van der Waals surface area contributed by atoms with Crippen molar-refractivity contribution in [2.24, 2.45) is 0 Å². The van der Waals surface area contributed by atoms with E-state index < -0.39 is 10.0 Å². The van der Waals surface area contributed by atoms with Crippen molar-refractivity contribution in [2.75, 3.05) is 25.0 Å². The largest absolute Gasteiger partial charge is 0.368 e. The zero-order chi connectivity index (χ0) is 14.2. The summed E-state index contributed by atoms with van der Waals surface area (Å²) >= 11 is 1.44. The van der Waals surface area contributed by atoms with E-state index >= 15 is 0 Å². The molecule has 110 valence electrons. The van der Waals surface area contributed by atoms with Crippen LogP contribution < -0.4 is 5.32 Å². The zero-order valence-electron chi connectivity index (χ0n) is 11.4. The summed E-state index contributed by atoms with van der Waals surface area (Å²) in [5.74, 6) is 0.477. The van der Waals surface area contributed by atoms with Gasteiger partial charge in [-0.05, 0) is 19.3 Å². The molecule has 0 aliphatic carbocycles. The number of rotatable bonds is 5. The number of hydrogen-bond acceptors (Lipinski definition) is 5. The molecule has 3 heterocycles. The highest BCUT2D eigenvalue weighted by molar-refractivity contribution is 7.89. The maximum atomic E-state index is 12.8. The Hall–Kier alpha value is -1.12. The molecule has 0 radical (unpaired) electrons. The number of aromatic nitrogens is 2. The van der Waals surface area contributed by atoms with Crippen LogP contribution in [0.4, 0.5) is 5.82 Å². The van der Waals surface area contributed by atoms with Gasteiger partial charge in [0.1, 0.15) is 0 Å². The Labute approximate surface area is 122 Å². The van der Waals surface area contributed by atoms with Gasteiger partial charge in [-0.15, -0.1) is 11.3 Å². The first-order valence-corrected chi connectivity index (χ1v) is 9.16. The van der Waals surface area contributed by atoms with Crippen LogP contribution in [0.15, 0.2) is 16.6 Å². The minimum atomic E-state index is -3.47. The molecule has 2 aromatic heterocycles. The summed E-state index contributed by atoms with van der Waals surface area (Å²) < 4.78 is 28.9. The molecule has 0 atom stereocenters. The fourth-order valence-electron chi connectivity index (χ4n) is 2.42. The van der Waals surface area contributed by atoms with Crippen molar-refractivity contribution < 1.29 is 8.42 Å². The SMILES string of the molecule is CCCNc1nc2sccn2c1S(=O)(=O)N1CCCC1. The van der Waals surface area contributed by atoms with Gasteiger partial charge in [0.05, 0.1) is 0 Å². The lowest BCUT2D eigenvalue weighted by Gasteiger charge is -2.16. The maximum Gasteiger partial charge on any atom is 0.262 e. The van der Waals surface area contributed by atoms with E-state index in [0.717, 1.165) is 19.3 Å². The van der Waals surface area contributed by atoms with Gasteiger partial charge in [0.15, 0.2) is 15.8 Å². The van der Waals surface area contributed by atoms with Crippen LogP contribution in [-0.4, -0.2) is 41.7 Å². The number of fused-ring (bicyclic) bond motifs is 1. The summed E-state index contributed by atoms with van der Waals surface area (Å²) in [6.45, 7) is 3.97. The van der Waals surface area contributed by atoms with Crippen LogP contribution >= 0.6 is 11.3 Å². The van der Waals surface area contributed by atoms with Gasteiger partial charge >= 0.3 is 0 Å². The van der Waals surface area contributed by atoms with Gasteiger partial charge in [-0.25, -0.2) is 13.4 Å². The molecule has 3 rings (SSSR count). The normalized spacial score (nSPS) is 17.1. The summed E-state index contributed by atoms with van der Waals surface area (Å²) in [5, 5.41) is 5.27. The van der Waals surface area contributed by atoms with Crippen LogP contribution in [0.5, 0.6) is 0 Å². The minimum Gasteiger partial charge on any atom is -0.368 e. The fraction of sp³-hybridized carbons (Fsp3) is 0.583. The van der Waals surface area contributed by atoms with Crippen molar-refractivity contribution in [3.05, 3.63) is 11.6 Å². The van der Waals surface area contributed by atoms with Crippen molar-refractivity contribution in [2.45, 2.75) is 31.2 Å². The molecule has 0 amide bonds. The van der Waals surface area contributed by atoms with Gasteiger partial charge in [0.2, 0.25) is 0 Å². The molecule has 6 nitrogen and oxygen atoms in total. The van der Waals surface area contributed by atoms with Crippen molar-refractivity contribution in [3.63, 3.8) is 0 Å². The molecule has 2 aromatic rings. The number of imidazole rings is 1. The van der Waals surface area contributed by atoms with Crippen molar-refractivity contribution >= 4 is 32.1 Å². The second-order valence-corrected chi connectivity index (χ2v) is 7.59. The predicted molar refractivity (Wildman–Crippen MR) is 79.8 cm³/mol. The zero-order valence-corrected chi connectivity index (χ0v) is 13.0. The average molecular weight is 314 g/mol. The Bertz CT molecular complexity index is 698. The van der Waals surface area contributed by atoms with Crippen LogP contribution in [0, 0.1) is 0 Å². The quantitative estimate of drug-likeness (QED) is 0.916. The van der Waals surface area contributed by atoms with Gasteiger partial charge < -0.3 is 5.32 Å².